The van der Waals surface area contributed by atoms with Crippen molar-refractivity contribution in [2.24, 2.45) is 0 Å². The summed E-state index contributed by atoms with van der Waals surface area (Å²) in [6, 6.07) is 7.31. The molecule has 0 radical (unpaired) electrons. The van der Waals surface area contributed by atoms with E-state index in [1.807, 2.05) is 19.1 Å². The van der Waals surface area contributed by atoms with Gasteiger partial charge in [-0.2, -0.15) is 0 Å². The lowest BCUT2D eigenvalue weighted by Crippen LogP contribution is -2.01. The SMILES string of the molecule is CCc1ccc(C(O)c2cc(Cl)cc3c2OCC3)o1. The summed E-state index contributed by atoms with van der Waals surface area (Å²) in [6.45, 7) is 2.64. The fourth-order valence-electron chi connectivity index (χ4n) is 2.39. The minimum atomic E-state index is -0.842. The predicted molar refractivity (Wildman–Crippen MR) is 72.8 cm³/mol. The molecule has 0 saturated heterocycles. The molecule has 3 rings (SSSR count). The van der Waals surface area contributed by atoms with E-state index in [0.717, 1.165) is 29.9 Å². The van der Waals surface area contributed by atoms with E-state index in [-0.39, 0.29) is 0 Å². The number of halogens is 1. The zero-order valence-corrected chi connectivity index (χ0v) is 11.4. The van der Waals surface area contributed by atoms with Crippen LogP contribution in [0.1, 0.15) is 35.7 Å². The summed E-state index contributed by atoms with van der Waals surface area (Å²) in [7, 11) is 0. The summed E-state index contributed by atoms with van der Waals surface area (Å²) in [6.07, 6.45) is 0.788. The van der Waals surface area contributed by atoms with Crippen LogP contribution < -0.4 is 4.74 Å². The molecule has 0 spiro atoms. The number of hydrogen-bond acceptors (Lipinski definition) is 3. The quantitative estimate of drug-likeness (QED) is 0.934. The molecule has 2 aromatic rings. The molecule has 19 heavy (non-hydrogen) atoms. The van der Waals surface area contributed by atoms with Gasteiger partial charge in [-0.1, -0.05) is 18.5 Å². The molecule has 1 aliphatic rings. The first-order chi connectivity index (χ1) is 9.19. The zero-order chi connectivity index (χ0) is 13.4. The molecular formula is C15H15ClO3. The summed E-state index contributed by atoms with van der Waals surface area (Å²) in [5, 5.41) is 11.1. The average molecular weight is 279 g/mol. The van der Waals surface area contributed by atoms with Crippen molar-refractivity contribution in [3.05, 3.63) is 51.9 Å². The Bertz CT molecular complexity index is 603. The Kier molecular flexibility index (Phi) is 3.25. The molecule has 100 valence electrons. The number of furan rings is 1. The highest BCUT2D eigenvalue weighted by molar-refractivity contribution is 6.30. The van der Waals surface area contributed by atoms with Crippen LogP contribution in [0.15, 0.2) is 28.7 Å². The molecule has 1 aromatic carbocycles. The van der Waals surface area contributed by atoms with Crippen molar-refractivity contribution in [3.63, 3.8) is 0 Å². The second kappa shape index (κ2) is 4.91. The summed E-state index contributed by atoms with van der Waals surface area (Å²) < 4.78 is 11.2. The van der Waals surface area contributed by atoms with Gasteiger partial charge in [-0.3, -0.25) is 0 Å². The maximum absolute atomic E-state index is 10.5. The molecule has 1 N–H and O–H groups in total. The van der Waals surface area contributed by atoms with Crippen LogP contribution in [0.4, 0.5) is 0 Å². The van der Waals surface area contributed by atoms with Gasteiger partial charge in [-0.05, 0) is 29.8 Å². The van der Waals surface area contributed by atoms with Crippen molar-refractivity contribution in [2.45, 2.75) is 25.9 Å². The van der Waals surface area contributed by atoms with E-state index < -0.39 is 6.10 Å². The summed E-state index contributed by atoms with van der Waals surface area (Å²) >= 11 is 6.10. The third-order valence-electron chi connectivity index (χ3n) is 3.37. The lowest BCUT2D eigenvalue weighted by atomic mass is 10.0. The van der Waals surface area contributed by atoms with Crippen LogP contribution in [0.25, 0.3) is 0 Å². The van der Waals surface area contributed by atoms with E-state index in [4.69, 9.17) is 20.8 Å². The highest BCUT2D eigenvalue weighted by atomic mass is 35.5. The zero-order valence-electron chi connectivity index (χ0n) is 10.6. The Labute approximate surface area is 116 Å². The molecular weight excluding hydrogens is 264 g/mol. The number of fused-ring (bicyclic) bond motifs is 1. The number of hydrogen-bond donors (Lipinski definition) is 1. The largest absolute Gasteiger partial charge is 0.493 e. The summed E-state index contributed by atoms with van der Waals surface area (Å²) in [4.78, 5) is 0. The predicted octanol–water partition coefficient (Wildman–Crippen LogP) is 3.51. The van der Waals surface area contributed by atoms with Crippen LogP contribution in [0.5, 0.6) is 5.75 Å². The Balaban J connectivity index is 2.02. The van der Waals surface area contributed by atoms with Crippen molar-refractivity contribution in [1.82, 2.24) is 0 Å². The van der Waals surface area contributed by atoms with Crippen LogP contribution in [0, 0.1) is 0 Å². The van der Waals surface area contributed by atoms with Gasteiger partial charge in [0.05, 0.1) is 6.61 Å². The van der Waals surface area contributed by atoms with Crippen molar-refractivity contribution in [3.8, 4) is 5.75 Å². The summed E-state index contributed by atoms with van der Waals surface area (Å²) in [5.41, 5.74) is 1.72. The first kappa shape index (κ1) is 12.6. The molecule has 0 saturated carbocycles. The van der Waals surface area contributed by atoms with Crippen LogP contribution in [-0.2, 0) is 12.8 Å². The van der Waals surface area contributed by atoms with Gasteiger partial charge in [0.15, 0.2) is 0 Å². The maximum atomic E-state index is 10.5. The van der Waals surface area contributed by atoms with Gasteiger partial charge in [0, 0.05) is 23.4 Å². The van der Waals surface area contributed by atoms with Crippen molar-refractivity contribution >= 4 is 11.6 Å². The fraction of sp³-hybridized carbons (Fsp3) is 0.333. The monoisotopic (exact) mass is 278 g/mol. The van der Waals surface area contributed by atoms with Gasteiger partial charge in [-0.25, -0.2) is 0 Å². The van der Waals surface area contributed by atoms with Gasteiger partial charge in [-0.15, -0.1) is 0 Å². The van der Waals surface area contributed by atoms with Gasteiger partial charge >= 0.3 is 0 Å². The Morgan fingerprint density at radius 2 is 2.21 bits per heavy atom. The number of rotatable bonds is 3. The number of aliphatic hydroxyl groups excluding tert-OH is 1. The molecule has 4 heteroatoms. The standard InChI is InChI=1S/C15H15ClO3/c1-2-11-3-4-13(19-11)14(17)12-8-10(16)7-9-5-6-18-15(9)12/h3-4,7-8,14,17H,2,5-6H2,1H3. The average Bonchev–Trinajstić information content (AvgIpc) is 3.04. The number of aliphatic hydroxyl groups is 1. The Hall–Kier alpha value is -1.45. The van der Waals surface area contributed by atoms with E-state index in [1.54, 1.807) is 12.1 Å². The second-order valence-electron chi connectivity index (χ2n) is 4.64. The Morgan fingerprint density at radius 3 is 2.95 bits per heavy atom. The highest BCUT2D eigenvalue weighted by Crippen LogP contribution is 2.38. The van der Waals surface area contributed by atoms with Gasteiger partial charge in [0.1, 0.15) is 23.4 Å². The van der Waals surface area contributed by atoms with E-state index in [2.05, 4.69) is 0 Å². The van der Waals surface area contributed by atoms with Gasteiger partial charge in [0.2, 0.25) is 0 Å². The number of aryl methyl sites for hydroxylation is 1. The van der Waals surface area contributed by atoms with Gasteiger partial charge in [0.25, 0.3) is 0 Å². The van der Waals surface area contributed by atoms with E-state index in [1.165, 1.54) is 0 Å². The molecule has 0 aliphatic carbocycles. The molecule has 1 aliphatic heterocycles. The van der Waals surface area contributed by atoms with Crippen LogP contribution >= 0.6 is 11.6 Å². The third kappa shape index (κ3) is 2.24. The van der Waals surface area contributed by atoms with Crippen LogP contribution in [0.3, 0.4) is 0 Å². The minimum absolute atomic E-state index is 0.525. The van der Waals surface area contributed by atoms with Crippen molar-refractivity contribution < 1.29 is 14.3 Å². The number of ether oxygens (including phenoxy) is 1. The molecule has 1 atom stereocenters. The van der Waals surface area contributed by atoms with E-state index in [9.17, 15) is 5.11 Å². The van der Waals surface area contributed by atoms with Crippen molar-refractivity contribution in [2.75, 3.05) is 6.61 Å². The topological polar surface area (TPSA) is 42.6 Å². The third-order valence-corrected chi connectivity index (χ3v) is 3.59. The minimum Gasteiger partial charge on any atom is -0.493 e. The fourth-order valence-corrected chi connectivity index (χ4v) is 2.64. The lowest BCUT2D eigenvalue weighted by molar-refractivity contribution is 0.182. The number of benzene rings is 1. The van der Waals surface area contributed by atoms with Crippen molar-refractivity contribution in [1.29, 1.82) is 0 Å². The van der Waals surface area contributed by atoms with Crippen LogP contribution in [0.2, 0.25) is 5.02 Å². The second-order valence-corrected chi connectivity index (χ2v) is 5.08. The maximum Gasteiger partial charge on any atom is 0.140 e. The normalized spacial score (nSPS) is 15.1. The first-order valence-electron chi connectivity index (χ1n) is 6.41. The molecule has 3 nitrogen and oxygen atoms in total. The molecule has 0 amide bonds. The first-order valence-corrected chi connectivity index (χ1v) is 6.78. The summed E-state index contributed by atoms with van der Waals surface area (Å²) in [5.74, 6) is 2.12. The molecule has 0 fully saturated rings. The van der Waals surface area contributed by atoms with Gasteiger partial charge < -0.3 is 14.3 Å². The molecule has 0 bridgehead atoms. The Morgan fingerprint density at radius 1 is 1.37 bits per heavy atom. The van der Waals surface area contributed by atoms with E-state index in [0.29, 0.717) is 23.0 Å². The van der Waals surface area contributed by atoms with Crippen LogP contribution in [-0.4, -0.2) is 11.7 Å². The molecule has 2 heterocycles. The highest BCUT2D eigenvalue weighted by Gasteiger charge is 2.25. The lowest BCUT2D eigenvalue weighted by Gasteiger charge is -2.13. The molecule has 1 aromatic heterocycles. The van der Waals surface area contributed by atoms with E-state index >= 15 is 0 Å². The molecule has 1 unspecified atom stereocenters. The smallest absolute Gasteiger partial charge is 0.140 e.